The SMILES string of the molecule is CC(NC(=O)CN1CCNCc2ccccc21)c1ccc(Br)cc1. The second-order valence-electron chi connectivity index (χ2n) is 6.07. The van der Waals surface area contributed by atoms with Gasteiger partial charge in [0.1, 0.15) is 0 Å². The summed E-state index contributed by atoms with van der Waals surface area (Å²) < 4.78 is 1.04. The molecule has 5 heteroatoms. The van der Waals surface area contributed by atoms with E-state index in [9.17, 15) is 4.79 Å². The summed E-state index contributed by atoms with van der Waals surface area (Å²) >= 11 is 3.43. The topological polar surface area (TPSA) is 44.4 Å². The summed E-state index contributed by atoms with van der Waals surface area (Å²) in [6.45, 7) is 4.95. The number of para-hydroxylation sites is 1. The number of hydrogen-bond acceptors (Lipinski definition) is 3. The van der Waals surface area contributed by atoms with Crippen molar-refractivity contribution in [3.63, 3.8) is 0 Å². The first-order chi connectivity index (χ1) is 11.6. The van der Waals surface area contributed by atoms with Gasteiger partial charge in [0.25, 0.3) is 0 Å². The highest BCUT2D eigenvalue weighted by molar-refractivity contribution is 9.10. The average Bonchev–Trinajstić information content (AvgIpc) is 2.78. The van der Waals surface area contributed by atoms with E-state index >= 15 is 0 Å². The zero-order chi connectivity index (χ0) is 16.9. The van der Waals surface area contributed by atoms with Gasteiger partial charge in [0, 0.05) is 29.8 Å². The lowest BCUT2D eigenvalue weighted by molar-refractivity contribution is -0.120. The predicted molar refractivity (Wildman–Crippen MR) is 101 cm³/mol. The van der Waals surface area contributed by atoms with Crippen LogP contribution >= 0.6 is 15.9 Å². The third-order valence-corrected chi connectivity index (χ3v) is 4.82. The van der Waals surface area contributed by atoms with Crippen molar-refractivity contribution in [3.05, 3.63) is 64.1 Å². The summed E-state index contributed by atoms with van der Waals surface area (Å²) in [6.07, 6.45) is 0. The highest BCUT2D eigenvalue weighted by Crippen LogP contribution is 2.22. The number of nitrogens with zero attached hydrogens (tertiary/aromatic N) is 1. The van der Waals surface area contributed by atoms with Crippen molar-refractivity contribution >= 4 is 27.5 Å². The van der Waals surface area contributed by atoms with Crippen molar-refractivity contribution < 1.29 is 4.79 Å². The molecule has 4 nitrogen and oxygen atoms in total. The van der Waals surface area contributed by atoms with Crippen LogP contribution in [0.15, 0.2) is 53.0 Å². The molecule has 0 aromatic heterocycles. The average molecular weight is 388 g/mol. The molecule has 24 heavy (non-hydrogen) atoms. The minimum Gasteiger partial charge on any atom is -0.361 e. The maximum Gasteiger partial charge on any atom is 0.239 e. The quantitative estimate of drug-likeness (QED) is 0.846. The molecule has 1 amide bonds. The fourth-order valence-corrected chi connectivity index (χ4v) is 3.25. The number of carbonyl (C=O) groups excluding carboxylic acids is 1. The number of anilines is 1. The van der Waals surface area contributed by atoms with Gasteiger partial charge in [-0.1, -0.05) is 46.3 Å². The molecule has 1 heterocycles. The van der Waals surface area contributed by atoms with Crippen molar-refractivity contribution in [2.45, 2.75) is 19.5 Å². The fourth-order valence-electron chi connectivity index (χ4n) is 2.99. The second kappa shape index (κ2) is 7.81. The molecule has 0 bridgehead atoms. The van der Waals surface area contributed by atoms with E-state index in [0.29, 0.717) is 6.54 Å². The number of rotatable bonds is 4. The lowest BCUT2D eigenvalue weighted by atomic mass is 10.1. The van der Waals surface area contributed by atoms with E-state index in [1.54, 1.807) is 0 Å². The number of halogens is 1. The molecule has 1 aliphatic rings. The second-order valence-corrected chi connectivity index (χ2v) is 6.98. The molecule has 0 spiro atoms. The standard InChI is InChI=1S/C19H22BrN3O/c1-14(15-6-8-17(20)9-7-15)22-19(24)13-23-11-10-21-12-16-4-2-3-5-18(16)23/h2-9,14,21H,10-13H2,1H3,(H,22,24). The van der Waals surface area contributed by atoms with Gasteiger partial charge in [0.2, 0.25) is 5.91 Å². The molecule has 3 rings (SSSR count). The lowest BCUT2D eigenvalue weighted by Crippen LogP contribution is -2.40. The van der Waals surface area contributed by atoms with Crippen molar-refractivity contribution in [3.8, 4) is 0 Å². The van der Waals surface area contributed by atoms with E-state index < -0.39 is 0 Å². The van der Waals surface area contributed by atoms with Crippen LogP contribution in [0.25, 0.3) is 0 Å². The third kappa shape index (κ3) is 4.16. The fraction of sp³-hybridized carbons (Fsp3) is 0.316. The van der Waals surface area contributed by atoms with E-state index in [4.69, 9.17) is 0 Å². The van der Waals surface area contributed by atoms with Gasteiger partial charge in [0.15, 0.2) is 0 Å². The highest BCUT2D eigenvalue weighted by atomic mass is 79.9. The number of nitrogens with one attached hydrogen (secondary N) is 2. The molecule has 2 aromatic rings. The largest absolute Gasteiger partial charge is 0.361 e. The molecule has 2 aromatic carbocycles. The molecular weight excluding hydrogens is 366 g/mol. The molecule has 0 saturated carbocycles. The number of fused-ring (bicyclic) bond motifs is 1. The molecule has 1 unspecified atom stereocenters. The Morgan fingerprint density at radius 3 is 2.79 bits per heavy atom. The van der Waals surface area contributed by atoms with Crippen LogP contribution in [0.4, 0.5) is 5.69 Å². The van der Waals surface area contributed by atoms with Crippen LogP contribution in [0.5, 0.6) is 0 Å². The van der Waals surface area contributed by atoms with Crippen molar-refractivity contribution in [1.82, 2.24) is 10.6 Å². The summed E-state index contributed by atoms with van der Waals surface area (Å²) in [7, 11) is 0. The molecule has 0 saturated heterocycles. The van der Waals surface area contributed by atoms with Crippen LogP contribution in [-0.2, 0) is 11.3 Å². The van der Waals surface area contributed by atoms with Gasteiger partial charge in [-0.3, -0.25) is 4.79 Å². The minimum absolute atomic E-state index is 0.00838. The van der Waals surface area contributed by atoms with Gasteiger partial charge in [-0.15, -0.1) is 0 Å². The Labute approximate surface area is 151 Å². The first-order valence-electron chi connectivity index (χ1n) is 8.22. The maximum atomic E-state index is 12.5. The summed E-state index contributed by atoms with van der Waals surface area (Å²) in [5, 5.41) is 6.50. The first-order valence-corrected chi connectivity index (χ1v) is 9.01. The smallest absolute Gasteiger partial charge is 0.239 e. The molecule has 2 N–H and O–H groups in total. The van der Waals surface area contributed by atoms with Crippen LogP contribution in [-0.4, -0.2) is 25.5 Å². The highest BCUT2D eigenvalue weighted by Gasteiger charge is 2.18. The van der Waals surface area contributed by atoms with E-state index in [0.717, 1.165) is 35.4 Å². The van der Waals surface area contributed by atoms with Crippen LogP contribution in [0.3, 0.4) is 0 Å². The Hall–Kier alpha value is -1.85. The first kappa shape index (κ1) is 17.0. The van der Waals surface area contributed by atoms with Crippen molar-refractivity contribution in [1.29, 1.82) is 0 Å². The zero-order valence-electron chi connectivity index (χ0n) is 13.8. The van der Waals surface area contributed by atoms with E-state index in [2.05, 4.69) is 43.6 Å². The van der Waals surface area contributed by atoms with Crippen molar-refractivity contribution in [2.75, 3.05) is 24.5 Å². The van der Waals surface area contributed by atoms with E-state index in [-0.39, 0.29) is 11.9 Å². The summed E-state index contributed by atoms with van der Waals surface area (Å²) in [5.74, 6) is 0.0436. The Balaban J connectivity index is 1.65. The molecule has 1 atom stereocenters. The normalized spacial score (nSPS) is 15.3. The monoisotopic (exact) mass is 387 g/mol. The molecule has 0 radical (unpaired) electrons. The van der Waals surface area contributed by atoms with Gasteiger partial charge in [0.05, 0.1) is 12.6 Å². The van der Waals surface area contributed by atoms with Crippen LogP contribution < -0.4 is 15.5 Å². The summed E-state index contributed by atoms with van der Waals surface area (Å²) in [6, 6.07) is 16.3. The maximum absolute atomic E-state index is 12.5. The van der Waals surface area contributed by atoms with Gasteiger partial charge >= 0.3 is 0 Å². The Bertz CT molecular complexity index is 702. The number of carbonyl (C=O) groups is 1. The van der Waals surface area contributed by atoms with E-state index in [1.807, 2.05) is 43.3 Å². The number of amides is 1. The predicted octanol–water partition coefficient (Wildman–Crippen LogP) is 3.24. The van der Waals surface area contributed by atoms with Crippen molar-refractivity contribution in [2.24, 2.45) is 0 Å². The van der Waals surface area contributed by atoms with Gasteiger partial charge in [-0.2, -0.15) is 0 Å². The molecule has 1 aliphatic heterocycles. The third-order valence-electron chi connectivity index (χ3n) is 4.29. The molecule has 126 valence electrons. The zero-order valence-corrected chi connectivity index (χ0v) is 15.3. The molecular formula is C19H22BrN3O. The van der Waals surface area contributed by atoms with Crippen LogP contribution in [0, 0.1) is 0 Å². The number of benzene rings is 2. The Morgan fingerprint density at radius 1 is 1.25 bits per heavy atom. The summed E-state index contributed by atoms with van der Waals surface area (Å²) in [5.41, 5.74) is 3.49. The van der Waals surface area contributed by atoms with Gasteiger partial charge < -0.3 is 15.5 Å². The summed E-state index contributed by atoms with van der Waals surface area (Å²) in [4.78, 5) is 14.7. The minimum atomic E-state index is -0.00838. The van der Waals surface area contributed by atoms with Gasteiger partial charge in [-0.05, 0) is 36.2 Å². The lowest BCUT2D eigenvalue weighted by Gasteiger charge is -2.25. The Kier molecular flexibility index (Phi) is 5.53. The number of hydrogen-bond donors (Lipinski definition) is 2. The van der Waals surface area contributed by atoms with Crippen LogP contribution in [0.2, 0.25) is 0 Å². The van der Waals surface area contributed by atoms with Crippen LogP contribution in [0.1, 0.15) is 24.1 Å². The van der Waals surface area contributed by atoms with E-state index in [1.165, 1.54) is 5.56 Å². The molecule has 0 aliphatic carbocycles. The van der Waals surface area contributed by atoms with Gasteiger partial charge in [-0.25, -0.2) is 0 Å². The Morgan fingerprint density at radius 2 is 2.00 bits per heavy atom. The molecule has 0 fully saturated rings.